The van der Waals surface area contributed by atoms with E-state index in [1.165, 1.54) is 5.56 Å². The van der Waals surface area contributed by atoms with E-state index < -0.39 is 0 Å². The number of rotatable bonds is 8. The Labute approximate surface area is 189 Å². The second kappa shape index (κ2) is 10.0. The molecule has 0 unspecified atom stereocenters. The van der Waals surface area contributed by atoms with Gasteiger partial charge < -0.3 is 16.0 Å². The molecule has 3 aromatic rings. The van der Waals surface area contributed by atoms with Crippen LogP contribution in [-0.4, -0.2) is 23.7 Å². The van der Waals surface area contributed by atoms with Crippen LogP contribution in [0, 0.1) is 0 Å². The molecule has 1 aromatic carbocycles. The fourth-order valence-electron chi connectivity index (χ4n) is 3.77. The average Bonchev–Trinajstić information content (AvgIpc) is 2.84. The van der Waals surface area contributed by atoms with Gasteiger partial charge in [-0.15, -0.1) is 0 Å². The van der Waals surface area contributed by atoms with Crippen molar-refractivity contribution in [2.24, 2.45) is 4.99 Å². The highest BCUT2D eigenvalue weighted by molar-refractivity contribution is 5.78. The smallest absolute Gasteiger partial charge is 0.159 e. The second-order valence-corrected chi connectivity index (χ2v) is 7.67. The first-order valence-electron chi connectivity index (χ1n) is 10.7. The predicted octanol–water partition coefficient (Wildman–Crippen LogP) is 5.18. The quantitative estimate of drug-likeness (QED) is 0.487. The molecule has 0 amide bonds. The summed E-state index contributed by atoms with van der Waals surface area (Å²) in [6.07, 6.45) is 10.3. The lowest BCUT2D eigenvalue weighted by molar-refractivity contribution is 0.817. The van der Waals surface area contributed by atoms with Gasteiger partial charge in [0.2, 0.25) is 0 Å². The number of benzene rings is 1. The van der Waals surface area contributed by atoms with E-state index in [0.29, 0.717) is 12.4 Å². The van der Waals surface area contributed by atoms with E-state index in [1.807, 2.05) is 31.3 Å². The number of anilines is 3. The lowest BCUT2D eigenvalue weighted by Crippen LogP contribution is -2.19. The molecule has 0 spiro atoms. The molecule has 2 aromatic heterocycles. The summed E-state index contributed by atoms with van der Waals surface area (Å²) in [5.41, 5.74) is 12.1. The molecule has 0 fully saturated rings. The van der Waals surface area contributed by atoms with E-state index in [9.17, 15) is 0 Å². The molecule has 4 rings (SSSR count). The SMILES string of the molecule is C=Nc1ccc(C2=CCCC=C2)nc1N(Cc1cccnc1N)c1ccc(CNC)cc1. The zero-order valence-electron chi connectivity index (χ0n) is 18.3. The molecule has 1 aliphatic rings. The van der Waals surface area contributed by atoms with Crippen LogP contribution < -0.4 is 16.0 Å². The van der Waals surface area contributed by atoms with Crippen molar-refractivity contribution in [1.82, 2.24) is 15.3 Å². The van der Waals surface area contributed by atoms with E-state index in [1.54, 1.807) is 6.20 Å². The van der Waals surface area contributed by atoms with Gasteiger partial charge in [0.05, 0.1) is 12.2 Å². The summed E-state index contributed by atoms with van der Waals surface area (Å²) in [6.45, 7) is 5.10. The Morgan fingerprint density at radius 3 is 2.66 bits per heavy atom. The first-order valence-corrected chi connectivity index (χ1v) is 10.7. The van der Waals surface area contributed by atoms with Gasteiger partial charge in [0.25, 0.3) is 0 Å². The molecule has 0 aliphatic heterocycles. The second-order valence-electron chi connectivity index (χ2n) is 7.67. The first kappa shape index (κ1) is 21.5. The molecule has 0 radical (unpaired) electrons. The number of aromatic nitrogens is 2. The highest BCUT2D eigenvalue weighted by Gasteiger charge is 2.19. The summed E-state index contributed by atoms with van der Waals surface area (Å²) >= 11 is 0. The normalized spacial score (nSPS) is 13.0. The maximum atomic E-state index is 6.19. The molecule has 0 saturated heterocycles. The number of pyridine rings is 2. The van der Waals surface area contributed by atoms with Gasteiger partial charge in [-0.2, -0.15) is 0 Å². The predicted molar refractivity (Wildman–Crippen MR) is 133 cm³/mol. The molecule has 0 saturated carbocycles. The van der Waals surface area contributed by atoms with Crippen LogP contribution in [0.15, 0.2) is 77.9 Å². The highest BCUT2D eigenvalue weighted by atomic mass is 15.2. The van der Waals surface area contributed by atoms with Crippen molar-refractivity contribution in [3.05, 3.63) is 89.8 Å². The van der Waals surface area contributed by atoms with Crippen LogP contribution in [0.1, 0.15) is 29.7 Å². The largest absolute Gasteiger partial charge is 0.383 e. The Morgan fingerprint density at radius 1 is 1.12 bits per heavy atom. The molecular formula is C26H28N6. The molecule has 32 heavy (non-hydrogen) atoms. The summed E-state index contributed by atoms with van der Waals surface area (Å²) in [6, 6.07) is 16.3. The van der Waals surface area contributed by atoms with Crippen LogP contribution in [0.3, 0.4) is 0 Å². The summed E-state index contributed by atoms with van der Waals surface area (Å²) in [4.78, 5) is 15.7. The third-order valence-corrected chi connectivity index (χ3v) is 5.45. The van der Waals surface area contributed by atoms with Gasteiger partial charge in [0.15, 0.2) is 5.82 Å². The summed E-state index contributed by atoms with van der Waals surface area (Å²) in [5.74, 6) is 1.24. The number of nitrogens with two attached hydrogens (primary N) is 1. The number of hydrogen-bond donors (Lipinski definition) is 2. The Morgan fingerprint density at radius 2 is 1.97 bits per heavy atom. The van der Waals surface area contributed by atoms with Crippen LogP contribution >= 0.6 is 0 Å². The fourth-order valence-corrected chi connectivity index (χ4v) is 3.77. The van der Waals surface area contributed by atoms with Crippen molar-refractivity contribution in [2.45, 2.75) is 25.9 Å². The number of allylic oxidation sites excluding steroid dienone is 4. The molecule has 0 atom stereocenters. The van der Waals surface area contributed by atoms with Gasteiger partial charge >= 0.3 is 0 Å². The van der Waals surface area contributed by atoms with Crippen molar-refractivity contribution in [1.29, 1.82) is 0 Å². The molecule has 0 bridgehead atoms. The van der Waals surface area contributed by atoms with E-state index in [4.69, 9.17) is 10.7 Å². The molecule has 6 nitrogen and oxygen atoms in total. The van der Waals surface area contributed by atoms with Crippen LogP contribution in [0.25, 0.3) is 5.57 Å². The standard InChI is InChI=1S/C26H28N6/c1-28-17-19-10-12-22(13-11-19)32(18-21-9-6-16-30-25(21)27)26-24(29-2)15-14-23(31-26)20-7-4-3-5-8-20/h4,6-16,28H,2-3,5,17-18H2,1H3,(H2,27,30). The lowest BCUT2D eigenvalue weighted by atomic mass is 10.0. The topological polar surface area (TPSA) is 79.4 Å². The van der Waals surface area contributed by atoms with Gasteiger partial charge in [-0.25, -0.2) is 9.97 Å². The van der Waals surface area contributed by atoms with Gasteiger partial charge in [-0.1, -0.05) is 36.4 Å². The van der Waals surface area contributed by atoms with Gasteiger partial charge in [-0.05, 0) is 68.1 Å². The maximum absolute atomic E-state index is 6.19. The molecule has 162 valence electrons. The van der Waals surface area contributed by atoms with Crippen molar-refractivity contribution < 1.29 is 0 Å². The summed E-state index contributed by atoms with van der Waals surface area (Å²) < 4.78 is 0. The van der Waals surface area contributed by atoms with Crippen molar-refractivity contribution in [3.63, 3.8) is 0 Å². The Kier molecular flexibility index (Phi) is 6.72. The van der Waals surface area contributed by atoms with Crippen LogP contribution in [0.2, 0.25) is 0 Å². The highest BCUT2D eigenvalue weighted by Crippen LogP contribution is 2.36. The zero-order valence-corrected chi connectivity index (χ0v) is 18.3. The number of hydrogen-bond acceptors (Lipinski definition) is 6. The third kappa shape index (κ3) is 4.76. The number of nitrogens with one attached hydrogen (secondary N) is 1. The Hall–Kier alpha value is -3.77. The fraction of sp³-hybridized carbons (Fsp3) is 0.192. The Bertz CT molecular complexity index is 1150. The van der Waals surface area contributed by atoms with E-state index in [0.717, 1.165) is 53.4 Å². The monoisotopic (exact) mass is 424 g/mol. The summed E-state index contributed by atoms with van der Waals surface area (Å²) in [5, 5.41) is 3.19. The maximum Gasteiger partial charge on any atom is 0.159 e. The third-order valence-electron chi connectivity index (χ3n) is 5.45. The van der Waals surface area contributed by atoms with Crippen molar-refractivity contribution in [2.75, 3.05) is 17.7 Å². The molecule has 3 N–H and O–H groups in total. The van der Waals surface area contributed by atoms with Crippen molar-refractivity contribution >= 4 is 35.3 Å². The average molecular weight is 425 g/mol. The van der Waals surface area contributed by atoms with Crippen LogP contribution in [-0.2, 0) is 13.1 Å². The first-order chi connectivity index (χ1) is 15.7. The molecule has 1 aliphatic carbocycles. The molecular weight excluding hydrogens is 396 g/mol. The lowest BCUT2D eigenvalue weighted by Gasteiger charge is -2.26. The minimum absolute atomic E-state index is 0.506. The minimum Gasteiger partial charge on any atom is -0.383 e. The van der Waals surface area contributed by atoms with Gasteiger partial charge in [-0.3, -0.25) is 4.99 Å². The van der Waals surface area contributed by atoms with Crippen molar-refractivity contribution in [3.8, 4) is 0 Å². The zero-order chi connectivity index (χ0) is 22.3. The van der Waals surface area contributed by atoms with E-state index in [-0.39, 0.29) is 0 Å². The number of nitrogen functional groups attached to an aromatic ring is 1. The minimum atomic E-state index is 0.506. The van der Waals surface area contributed by atoms with E-state index in [2.05, 4.69) is 69.4 Å². The molecule has 2 heterocycles. The van der Waals surface area contributed by atoms with E-state index >= 15 is 0 Å². The van der Waals surface area contributed by atoms with Gasteiger partial charge in [0, 0.05) is 24.0 Å². The van der Waals surface area contributed by atoms with Crippen LogP contribution in [0.4, 0.5) is 23.0 Å². The van der Waals surface area contributed by atoms with Crippen LogP contribution in [0.5, 0.6) is 0 Å². The van der Waals surface area contributed by atoms with Gasteiger partial charge in [0.1, 0.15) is 11.5 Å². The summed E-state index contributed by atoms with van der Waals surface area (Å²) in [7, 11) is 1.94. The molecule has 6 heteroatoms. The Balaban J connectivity index is 1.81. The number of nitrogens with zero attached hydrogens (tertiary/aromatic N) is 4. The number of aliphatic imine (C=N–C) groups is 1.